The number of carbonyl (C=O) groups is 2. The van der Waals surface area contributed by atoms with Crippen molar-refractivity contribution in [3.63, 3.8) is 0 Å². The molecule has 8 heteroatoms. The van der Waals surface area contributed by atoms with Gasteiger partial charge in [0.1, 0.15) is 11.5 Å². The fraction of sp³-hybridized carbons (Fsp3) is 0.263. The minimum absolute atomic E-state index is 0.123. The molecule has 0 saturated heterocycles. The van der Waals surface area contributed by atoms with Crippen LogP contribution in [0.2, 0.25) is 0 Å². The highest BCUT2D eigenvalue weighted by atomic mass is 16.7. The van der Waals surface area contributed by atoms with E-state index in [1.807, 2.05) is 6.92 Å². The van der Waals surface area contributed by atoms with Crippen LogP contribution in [-0.2, 0) is 4.79 Å². The molecule has 2 N–H and O–H groups in total. The van der Waals surface area contributed by atoms with Crippen LogP contribution >= 0.6 is 0 Å². The molecule has 0 unspecified atom stereocenters. The maximum absolute atomic E-state index is 12.2. The van der Waals surface area contributed by atoms with Crippen molar-refractivity contribution in [1.82, 2.24) is 10.9 Å². The molecule has 1 heterocycles. The second-order valence-corrected chi connectivity index (χ2v) is 5.68. The van der Waals surface area contributed by atoms with Gasteiger partial charge in [0.2, 0.25) is 6.79 Å². The number of hydrazine groups is 1. The normalized spacial score (nSPS) is 12.8. The van der Waals surface area contributed by atoms with Crippen molar-refractivity contribution in [3.8, 4) is 23.0 Å². The van der Waals surface area contributed by atoms with E-state index in [1.165, 1.54) is 0 Å². The lowest BCUT2D eigenvalue weighted by Crippen LogP contribution is -2.47. The first kappa shape index (κ1) is 18.4. The van der Waals surface area contributed by atoms with Gasteiger partial charge in [-0.3, -0.25) is 20.4 Å². The minimum Gasteiger partial charge on any atom is -0.494 e. The van der Waals surface area contributed by atoms with Crippen molar-refractivity contribution in [1.29, 1.82) is 0 Å². The molecule has 0 aliphatic carbocycles. The molecule has 3 rings (SSSR count). The van der Waals surface area contributed by atoms with Crippen LogP contribution in [0, 0.1) is 0 Å². The van der Waals surface area contributed by atoms with Crippen LogP contribution in [0.15, 0.2) is 42.5 Å². The number of amides is 2. The van der Waals surface area contributed by atoms with Crippen LogP contribution in [0.3, 0.4) is 0 Å². The Morgan fingerprint density at radius 1 is 1.04 bits per heavy atom. The third kappa shape index (κ3) is 4.60. The molecule has 0 radical (unpaired) electrons. The van der Waals surface area contributed by atoms with E-state index in [2.05, 4.69) is 10.9 Å². The molecule has 1 aliphatic heterocycles. The van der Waals surface area contributed by atoms with Crippen molar-refractivity contribution in [2.24, 2.45) is 0 Å². The quantitative estimate of drug-likeness (QED) is 0.754. The Morgan fingerprint density at radius 3 is 2.48 bits per heavy atom. The summed E-state index contributed by atoms with van der Waals surface area (Å²) in [7, 11) is 0. The van der Waals surface area contributed by atoms with Crippen molar-refractivity contribution >= 4 is 11.8 Å². The molecule has 1 aliphatic rings. The smallest absolute Gasteiger partial charge is 0.279 e. The Labute approximate surface area is 156 Å². The lowest BCUT2D eigenvalue weighted by atomic mass is 10.2. The van der Waals surface area contributed by atoms with E-state index in [0.29, 0.717) is 29.4 Å². The van der Waals surface area contributed by atoms with Crippen molar-refractivity contribution in [3.05, 3.63) is 48.0 Å². The summed E-state index contributed by atoms with van der Waals surface area (Å²) in [6.07, 6.45) is -0.806. The third-order valence-electron chi connectivity index (χ3n) is 3.75. The van der Waals surface area contributed by atoms with Gasteiger partial charge in [0, 0.05) is 5.56 Å². The van der Waals surface area contributed by atoms with Crippen LogP contribution in [0.1, 0.15) is 24.2 Å². The molecular weight excluding hydrogens is 352 g/mol. The van der Waals surface area contributed by atoms with Gasteiger partial charge in [-0.1, -0.05) is 0 Å². The predicted molar refractivity (Wildman–Crippen MR) is 95.9 cm³/mol. The lowest BCUT2D eigenvalue weighted by molar-refractivity contribution is -0.128. The number of fused-ring (bicyclic) bond motifs is 1. The van der Waals surface area contributed by atoms with Crippen LogP contribution in [0.25, 0.3) is 0 Å². The molecule has 1 atom stereocenters. The monoisotopic (exact) mass is 372 g/mol. The summed E-state index contributed by atoms with van der Waals surface area (Å²) in [5.74, 6) is 1.34. The van der Waals surface area contributed by atoms with Gasteiger partial charge in [-0.15, -0.1) is 0 Å². The number of nitrogens with one attached hydrogen (secondary N) is 2. The highest BCUT2D eigenvalue weighted by Crippen LogP contribution is 2.32. The molecule has 0 fully saturated rings. The summed E-state index contributed by atoms with van der Waals surface area (Å²) < 4.78 is 21.3. The summed E-state index contributed by atoms with van der Waals surface area (Å²) in [5, 5.41) is 0. The summed E-state index contributed by atoms with van der Waals surface area (Å²) in [4.78, 5) is 24.3. The Morgan fingerprint density at radius 2 is 1.74 bits per heavy atom. The van der Waals surface area contributed by atoms with E-state index in [-0.39, 0.29) is 6.79 Å². The molecule has 0 bridgehead atoms. The van der Waals surface area contributed by atoms with Gasteiger partial charge in [-0.25, -0.2) is 0 Å². The third-order valence-corrected chi connectivity index (χ3v) is 3.75. The lowest BCUT2D eigenvalue weighted by Gasteiger charge is -2.15. The predicted octanol–water partition coefficient (Wildman–Crippen LogP) is 2.04. The van der Waals surface area contributed by atoms with E-state index in [1.54, 1.807) is 49.4 Å². The van der Waals surface area contributed by atoms with Gasteiger partial charge < -0.3 is 18.9 Å². The Kier molecular flexibility index (Phi) is 5.65. The average molecular weight is 372 g/mol. The van der Waals surface area contributed by atoms with Gasteiger partial charge >= 0.3 is 0 Å². The number of carbonyl (C=O) groups excluding carboxylic acids is 2. The summed E-state index contributed by atoms with van der Waals surface area (Å²) in [6, 6.07) is 11.7. The van der Waals surface area contributed by atoms with Crippen LogP contribution in [0.5, 0.6) is 23.0 Å². The van der Waals surface area contributed by atoms with Gasteiger partial charge in [-0.05, 0) is 56.3 Å². The van der Waals surface area contributed by atoms with Crippen molar-refractivity contribution < 1.29 is 28.5 Å². The summed E-state index contributed by atoms with van der Waals surface area (Å²) >= 11 is 0. The molecule has 0 aromatic heterocycles. The molecule has 2 amide bonds. The Balaban J connectivity index is 1.50. The number of ether oxygens (including phenoxy) is 4. The fourth-order valence-corrected chi connectivity index (χ4v) is 2.37. The molecule has 2 aromatic carbocycles. The molecule has 2 aromatic rings. The van der Waals surface area contributed by atoms with Crippen LogP contribution < -0.4 is 29.8 Å². The molecule has 142 valence electrons. The molecule has 8 nitrogen and oxygen atoms in total. The summed E-state index contributed by atoms with van der Waals surface area (Å²) in [6.45, 7) is 4.17. The highest BCUT2D eigenvalue weighted by Gasteiger charge is 2.18. The largest absolute Gasteiger partial charge is 0.494 e. The van der Waals surface area contributed by atoms with Crippen LogP contribution in [0.4, 0.5) is 0 Å². The SMILES string of the molecule is CCOc1ccc(O[C@@H](C)C(=O)NNC(=O)c2ccc3c(c2)OCO3)cc1. The fourth-order valence-electron chi connectivity index (χ4n) is 2.37. The van der Waals surface area contributed by atoms with E-state index < -0.39 is 17.9 Å². The van der Waals surface area contributed by atoms with Crippen LogP contribution in [-0.4, -0.2) is 31.3 Å². The van der Waals surface area contributed by atoms with E-state index >= 15 is 0 Å². The number of hydrogen-bond acceptors (Lipinski definition) is 6. The molecule has 27 heavy (non-hydrogen) atoms. The van der Waals surface area contributed by atoms with E-state index in [9.17, 15) is 9.59 Å². The number of rotatable bonds is 6. The Bertz CT molecular complexity index is 821. The second kappa shape index (κ2) is 8.31. The number of benzene rings is 2. The second-order valence-electron chi connectivity index (χ2n) is 5.68. The van der Waals surface area contributed by atoms with E-state index in [4.69, 9.17) is 18.9 Å². The zero-order valence-corrected chi connectivity index (χ0v) is 15.0. The average Bonchev–Trinajstić information content (AvgIpc) is 3.15. The molecular formula is C19H20N2O6. The first-order valence-corrected chi connectivity index (χ1v) is 8.46. The molecule has 0 saturated carbocycles. The standard InChI is InChI=1S/C19H20N2O6/c1-3-24-14-5-7-15(8-6-14)27-12(2)18(22)20-21-19(23)13-4-9-16-17(10-13)26-11-25-16/h4-10,12H,3,11H2,1-2H3,(H,20,22)(H,21,23)/t12-/m0/s1. The molecule has 0 spiro atoms. The number of hydrogen-bond donors (Lipinski definition) is 2. The van der Waals surface area contributed by atoms with Gasteiger partial charge in [0.25, 0.3) is 11.8 Å². The van der Waals surface area contributed by atoms with E-state index in [0.717, 1.165) is 5.75 Å². The minimum atomic E-state index is -0.806. The maximum atomic E-state index is 12.2. The van der Waals surface area contributed by atoms with Gasteiger partial charge in [0.15, 0.2) is 17.6 Å². The first-order chi connectivity index (χ1) is 13.1. The Hall–Kier alpha value is -3.42. The summed E-state index contributed by atoms with van der Waals surface area (Å²) in [5.41, 5.74) is 5.02. The van der Waals surface area contributed by atoms with Crippen molar-refractivity contribution in [2.75, 3.05) is 13.4 Å². The first-order valence-electron chi connectivity index (χ1n) is 8.46. The zero-order chi connectivity index (χ0) is 19.2. The zero-order valence-electron chi connectivity index (χ0n) is 15.0. The maximum Gasteiger partial charge on any atom is 0.279 e. The van der Waals surface area contributed by atoms with Gasteiger partial charge in [0.05, 0.1) is 6.61 Å². The van der Waals surface area contributed by atoms with Gasteiger partial charge in [-0.2, -0.15) is 0 Å². The van der Waals surface area contributed by atoms with Crippen molar-refractivity contribution in [2.45, 2.75) is 20.0 Å². The highest BCUT2D eigenvalue weighted by molar-refractivity contribution is 5.96. The topological polar surface area (TPSA) is 95.1 Å².